The normalized spacial score (nSPS) is 18.6. The first-order valence-electron chi connectivity index (χ1n) is 6.06. The summed E-state index contributed by atoms with van der Waals surface area (Å²) in [5, 5.41) is 2.86. The van der Waals surface area contributed by atoms with Gasteiger partial charge in [0.05, 0.1) is 0 Å². The van der Waals surface area contributed by atoms with Crippen molar-refractivity contribution in [2.75, 3.05) is 30.8 Å². The summed E-state index contributed by atoms with van der Waals surface area (Å²) in [6.07, 6.45) is 1.77. The summed E-state index contributed by atoms with van der Waals surface area (Å²) in [5.41, 5.74) is 5.37. The monoisotopic (exact) mass is 256 g/mol. The van der Waals surface area contributed by atoms with Crippen LogP contribution in [0.5, 0.6) is 0 Å². The molecule has 3 nitrogen and oxygen atoms in total. The molecule has 1 saturated heterocycles. The van der Waals surface area contributed by atoms with Crippen LogP contribution in [0.4, 0.5) is 20.2 Å². The van der Waals surface area contributed by atoms with Gasteiger partial charge in [0.2, 0.25) is 0 Å². The summed E-state index contributed by atoms with van der Waals surface area (Å²) in [4.78, 5) is 0. The molecule has 1 aliphatic rings. The first kappa shape index (κ1) is 13.1. The van der Waals surface area contributed by atoms with Gasteiger partial charge in [0.1, 0.15) is 5.69 Å². The third-order valence-corrected chi connectivity index (χ3v) is 3.46. The van der Waals surface area contributed by atoms with Crippen molar-refractivity contribution < 1.29 is 13.5 Å². The number of nitrogens with two attached hydrogens (primary N) is 1. The summed E-state index contributed by atoms with van der Waals surface area (Å²) >= 11 is 0. The number of rotatable bonds is 3. The predicted molar refractivity (Wildman–Crippen MR) is 67.4 cm³/mol. The Morgan fingerprint density at radius 3 is 2.39 bits per heavy atom. The van der Waals surface area contributed by atoms with Gasteiger partial charge in [-0.2, -0.15) is 0 Å². The van der Waals surface area contributed by atoms with Gasteiger partial charge in [-0.15, -0.1) is 0 Å². The zero-order valence-corrected chi connectivity index (χ0v) is 10.4. The molecule has 0 atom stereocenters. The predicted octanol–water partition coefficient (Wildman–Crippen LogP) is 2.78. The van der Waals surface area contributed by atoms with Gasteiger partial charge >= 0.3 is 0 Å². The van der Waals surface area contributed by atoms with Crippen molar-refractivity contribution in [2.45, 2.75) is 19.8 Å². The Morgan fingerprint density at radius 2 is 1.83 bits per heavy atom. The van der Waals surface area contributed by atoms with E-state index in [0.29, 0.717) is 19.8 Å². The number of ether oxygens (including phenoxy) is 1. The summed E-state index contributed by atoms with van der Waals surface area (Å²) in [7, 11) is 0. The fourth-order valence-electron chi connectivity index (χ4n) is 2.10. The third kappa shape index (κ3) is 2.90. The van der Waals surface area contributed by atoms with Gasteiger partial charge in [0, 0.05) is 25.4 Å². The van der Waals surface area contributed by atoms with Crippen LogP contribution in [0.15, 0.2) is 12.1 Å². The van der Waals surface area contributed by atoms with Crippen LogP contribution in [0.2, 0.25) is 0 Å². The Bertz CT molecular complexity index is 408. The maximum absolute atomic E-state index is 13.6. The zero-order chi connectivity index (χ0) is 13.2. The highest BCUT2D eigenvalue weighted by Gasteiger charge is 2.27. The number of anilines is 2. The number of halogens is 2. The average Bonchev–Trinajstić information content (AvgIpc) is 2.28. The van der Waals surface area contributed by atoms with Crippen LogP contribution < -0.4 is 11.1 Å². The molecule has 18 heavy (non-hydrogen) atoms. The van der Waals surface area contributed by atoms with Gasteiger partial charge in [-0.25, -0.2) is 8.78 Å². The van der Waals surface area contributed by atoms with E-state index in [4.69, 9.17) is 10.5 Å². The number of nitrogens with one attached hydrogen (secondary N) is 1. The molecule has 0 aromatic heterocycles. The standard InChI is InChI=1S/C13H18F2N2O/c1-13(2-4-18-5-3-13)8-17-12-10(14)6-9(16)7-11(12)15/h6-7,17H,2-5,8,16H2,1H3. The average molecular weight is 256 g/mol. The third-order valence-electron chi connectivity index (χ3n) is 3.46. The van der Waals surface area contributed by atoms with Crippen molar-refractivity contribution >= 4 is 11.4 Å². The molecule has 1 heterocycles. The van der Waals surface area contributed by atoms with E-state index >= 15 is 0 Å². The van der Waals surface area contributed by atoms with Crippen LogP contribution in [0.1, 0.15) is 19.8 Å². The van der Waals surface area contributed by atoms with Gasteiger partial charge in [-0.3, -0.25) is 0 Å². The summed E-state index contributed by atoms with van der Waals surface area (Å²) in [6, 6.07) is 2.25. The molecule has 0 aliphatic carbocycles. The molecular weight excluding hydrogens is 238 g/mol. The van der Waals surface area contributed by atoms with E-state index in [1.807, 2.05) is 0 Å². The minimum atomic E-state index is -0.650. The summed E-state index contributed by atoms with van der Waals surface area (Å²) < 4.78 is 32.5. The highest BCUT2D eigenvalue weighted by molar-refractivity contribution is 5.54. The van der Waals surface area contributed by atoms with Crippen LogP contribution in [0.3, 0.4) is 0 Å². The Labute approximate surface area is 105 Å². The van der Waals surface area contributed by atoms with Crippen molar-refractivity contribution in [3.63, 3.8) is 0 Å². The molecule has 0 bridgehead atoms. The molecule has 0 saturated carbocycles. The summed E-state index contributed by atoms with van der Waals surface area (Å²) in [5.74, 6) is -1.30. The van der Waals surface area contributed by atoms with E-state index < -0.39 is 11.6 Å². The molecule has 100 valence electrons. The number of benzene rings is 1. The van der Waals surface area contributed by atoms with Crippen molar-refractivity contribution in [1.29, 1.82) is 0 Å². The van der Waals surface area contributed by atoms with E-state index in [1.165, 1.54) is 0 Å². The van der Waals surface area contributed by atoms with Crippen molar-refractivity contribution in [3.05, 3.63) is 23.8 Å². The lowest BCUT2D eigenvalue weighted by atomic mass is 9.82. The topological polar surface area (TPSA) is 47.3 Å². The molecular formula is C13H18F2N2O. The van der Waals surface area contributed by atoms with Crippen LogP contribution in [0.25, 0.3) is 0 Å². The highest BCUT2D eigenvalue weighted by atomic mass is 19.1. The van der Waals surface area contributed by atoms with E-state index in [-0.39, 0.29) is 16.8 Å². The molecule has 2 rings (SSSR count). The lowest BCUT2D eigenvalue weighted by molar-refractivity contribution is 0.0299. The molecule has 3 N–H and O–H groups in total. The van der Waals surface area contributed by atoms with Crippen molar-refractivity contribution in [2.24, 2.45) is 5.41 Å². The van der Waals surface area contributed by atoms with Gasteiger partial charge in [-0.1, -0.05) is 6.92 Å². The second-order valence-electron chi connectivity index (χ2n) is 5.14. The Morgan fingerprint density at radius 1 is 1.28 bits per heavy atom. The van der Waals surface area contributed by atoms with Crippen molar-refractivity contribution in [3.8, 4) is 0 Å². The van der Waals surface area contributed by atoms with Crippen LogP contribution in [0, 0.1) is 17.0 Å². The Hall–Kier alpha value is -1.36. The second kappa shape index (κ2) is 5.10. The quantitative estimate of drug-likeness (QED) is 0.817. The van der Waals surface area contributed by atoms with Gasteiger partial charge in [0.15, 0.2) is 11.6 Å². The first-order valence-corrected chi connectivity index (χ1v) is 6.06. The van der Waals surface area contributed by atoms with E-state index in [1.54, 1.807) is 0 Å². The molecule has 1 aliphatic heterocycles. The number of hydrogen-bond donors (Lipinski definition) is 2. The molecule has 0 unspecified atom stereocenters. The molecule has 5 heteroatoms. The van der Waals surface area contributed by atoms with E-state index in [0.717, 1.165) is 25.0 Å². The maximum atomic E-state index is 13.6. The van der Waals surface area contributed by atoms with E-state index in [2.05, 4.69) is 12.2 Å². The fraction of sp³-hybridized carbons (Fsp3) is 0.538. The van der Waals surface area contributed by atoms with Crippen LogP contribution >= 0.6 is 0 Å². The number of nitrogen functional groups attached to an aromatic ring is 1. The summed E-state index contributed by atoms with van der Waals surface area (Å²) in [6.45, 7) is 4.01. The fourth-order valence-corrected chi connectivity index (χ4v) is 2.10. The first-order chi connectivity index (χ1) is 8.50. The Balaban J connectivity index is 2.06. The molecule has 0 spiro atoms. The largest absolute Gasteiger partial charge is 0.399 e. The zero-order valence-electron chi connectivity index (χ0n) is 10.4. The second-order valence-corrected chi connectivity index (χ2v) is 5.14. The molecule has 0 radical (unpaired) electrons. The number of hydrogen-bond acceptors (Lipinski definition) is 3. The smallest absolute Gasteiger partial charge is 0.151 e. The molecule has 1 aromatic rings. The minimum absolute atomic E-state index is 0.0124. The van der Waals surface area contributed by atoms with Crippen LogP contribution in [-0.4, -0.2) is 19.8 Å². The molecule has 0 amide bonds. The maximum Gasteiger partial charge on any atom is 0.151 e. The van der Waals surface area contributed by atoms with Crippen LogP contribution in [-0.2, 0) is 4.74 Å². The SMILES string of the molecule is CC1(CNc2c(F)cc(N)cc2F)CCOCC1. The lowest BCUT2D eigenvalue weighted by Crippen LogP contribution is -2.33. The van der Waals surface area contributed by atoms with Crippen molar-refractivity contribution in [1.82, 2.24) is 0 Å². The molecule has 1 aromatic carbocycles. The molecule has 1 fully saturated rings. The van der Waals surface area contributed by atoms with Gasteiger partial charge in [-0.05, 0) is 30.4 Å². The van der Waals surface area contributed by atoms with Gasteiger partial charge < -0.3 is 15.8 Å². The lowest BCUT2D eigenvalue weighted by Gasteiger charge is -2.34. The van der Waals surface area contributed by atoms with Gasteiger partial charge in [0.25, 0.3) is 0 Å². The minimum Gasteiger partial charge on any atom is -0.399 e. The highest BCUT2D eigenvalue weighted by Crippen LogP contribution is 2.31. The van der Waals surface area contributed by atoms with E-state index in [9.17, 15) is 8.78 Å². The Kier molecular flexibility index (Phi) is 3.71.